The Hall–Kier alpha value is -2.84. The number of carbonyl (C=O) groups excluding carboxylic acids is 1. The van der Waals surface area contributed by atoms with Gasteiger partial charge >= 0.3 is 0 Å². The van der Waals surface area contributed by atoms with Crippen molar-refractivity contribution in [2.45, 2.75) is 52.2 Å². The molecule has 0 radical (unpaired) electrons. The Kier molecular flexibility index (Phi) is 7.12. The summed E-state index contributed by atoms with van der Waals surface area (Å²) in [6, 6.07) is 5.30. The summed E-state index contributed by atoms with van der Waals surface area (Å²) in [6.07, 6.45) is 8.35. The lowest BCUT2D eigenvalue weighted by Crippen LogP contribution is -2.27. The van der Waals surface area contributed by atoms with E-state index in [9.17, 15) is 4.79 Å². The van der Waals surface area contributed by atoms with Crippen molar-refractivity contribution in [3.8, 4) is 16.3 Å². The fourth-order valence-corrected chi connectivity index (χ4v) is 4.33. The average molecular weight is 453 g/mol. The molecule has 1 unspecified atom stereocenters. The number of carbonyl (C=O) groups is 1. The molecule has 7 nitrogen and oxygen atoms in total. The number of hydrogen-bond acceptors (Lipinski definition) is 7. The molecule has 3 aromatic rings. The molecule has 2 atom stereocenters. The van der Waals surface area contributed by atoms with Gasteiger partial charge in [-0.05, 0) is 51.3 Å². The Morgan fingerprint density at radius 2 is 2.12 bits per heavy atom. The normalized spacial score (nSPS) is 16.7. The Bertz CT molecular complexity index is 1060. The largest absolute Gasteiger partial charge is 0.491 e. The number of amides is 1. The van der Waals surface area contributed by atoms with Crippen LogP contribution in [0.4, 0.5) is 0 Å². The summed E-state index contributed by atoms with van der Waals surface area (Å²) in [6.45, 7) is 7.13. The van der Waals surface area contributed by atoms with Gasteiger partial charge in [-0.3, -0.25) is 14.8 Å². The third-order valence-corrected chi connectivity index (χ3v) is 6.56. The highest BCUT2D eigenvalue weighted by molar-refractivity contribution is 7.15. The van der Waals surface area contributed by atoms with E-state index in [1.165, 1.54) is 4.88 Å². The maximum atomic E-state index is 13.1. The quantitative estimate of drug-likeness (QED) is 0.541. The molecular formula is C24H28N4O3S. The van der Waals surface area contributed by atoms with Gasteiger partial charge in [0.15, 0.2) is 0 Å². The molecule has 0 saturated carbocycles. The monoisotopic (exact) mass is 452 g/mol. The van der Waals surface area contributed by atoms with E-state index in [0.29, 0.717) is 23.6 Å². The van der Waals surface area contributed by atoms with Crippen molar-refractivity contribution in [1.82, 2.24) is 20.3 Å². The zero-order valence-corrected chi connectivity index (χ0v) is 19.4. The van der Waals surface area contributed by atoms with Gasteiger partial charge in [0.05, 0.1) is 29.7 Å². The minimum atomic E-state index is -0.276. The summed E-state index contributed by atoms with van der Waals surface area (Å²) in [4.78, 5) is 27.5. The number of benzene rings is 1. The molecule has 0 aliphatic carbocycles. The highest BCUT2D eigenvalue weighted by Gasteiger charge is 2.19. The first-order valence-corrected chi connectivity index (χ1v) is 11.8. The van der Waals surface area contributed by atoms with E-state index in [0.717, 1.165) is 42.1 Å². The van der Waals surface area contributed by atoms with Gasteiger partial charge in [-0.2, -0.15) is 0 Å². The smallest absolute Gasteiger partial charge is 0.251 e. The van der Waals surface area contributed by atoms with Crippen LogP contribution in [-0.4, -0.2) is 40.2 Å². The van der Waals surface area contributed by atoms with Crippen molar-refractivity contribution in [3.05, 3.63) is 58.6 Å². The zero-order valence-electron chi connectivity index (χ0n) is 18.6. The molecule has 0 bridgehead atoms. The van der Waals surface area contributed by atoms with E-state index < -0.39 is 0 Å². The third-order valence-electron chi connectivity index (χ3n) is 5.37. The molecule has 168 valence electrons. The SMILES string of the molecule is CCc1cnc(-c2cc(OC[C@H]3CCCO3)cc(C(=O)NC(C)c3cnc(C)cn3)c2)s1. The fourth-order valence-electron chi connectivity index (χ4n) is 3.49. The van der Waals surface area contributed by atoms with Gasteiger partial charge in [0.1, 0.15) is 17.4 Å². The van der Waals surface area contributed by atoms with Gasteiger partial charge in [-0.15, -0.1) is 11.3 Å². The predicted molar refractivity (Wildman–Crippen MR) is 124 cm³/mol. The Labute approximate surface area is 192 Å². The molecule has 8 heteroatoms. The second kappa shape index (κ2) is 10.2. The summed E-state index contributed by atoms with van der Waals surface area (Å²) in [7, 11) is 0. The molecule has 2 aromatic heterocycles. The minimum absolute atomic E-state index is 0.0997. The van der Waals surface area contributed by atoms with E-state index in [1.807, 2.05) is 32.2 Å². The van der Waals surface area contributed by atoms with Crippen LogP contribution in [0, 0.1) is 6.92 Å². The number of thiazole rings is 1. The fraction of sp³-hybridized carbons (Fsp3) is 0.417. The highest BCUT2D eigenvalue weighted by Crippen LogP contribution is 2.30. The third kappa shape index (κ3) is 5.49. The van der Waals surface area contributed by atoms with Crippen LogP contribution in [0.3, 0.4) is 0 Å². The van der Waals surface area contributed by atoms with Gasteiger partial charge < -0.3 is 14.8 Å². The number of aromatic nitrogens is 3. The first-order chi connectivity index (χ1) is 15.5. The second-order valence-electron chi connectivity index (χ2n) is 7.96. The van der Waals surface area contributed by atoms with E-state index in [1.54, 1.807) is 29.8 Å². The van der Waals surface area contributed by atoms with Gasteiger partial charge in [0.2, 0.25) is 0 Å². The number of aryl methyl sites for hydroxylation is 2. The van der Waals surface area contributed by atoms with Gasteiger partial charge in [0.25, 0.3) is 5.91 Å². The number of rotatable bonds is 8. The van der Waals surface area contributed by atoms with Crippen LogP contribution in [-0.2, 0) is 11.2 Å². The van der Waals surface area contributed by atoms with Gasteiger partial charge in [0, 0.05) is 35.0 Å². The summed E-state index contributed by atoms with van der Waals surface area (Å²) in [5, 5.41) is 3.88. The van der Waals surface area contributed by atoms with Crippen LogP contribution in [0.5, 0.6) is 5.75 Å². The molecule has 1 aliphatic heterocycles. The van der Waals surface area contributed by atoms with Crippen molar-refractivity contribution in [1.29, 1.82) is 0 Å². The van der Waals surface area contributed by atoms with Crippen molar-refractivity contribution in [2.75, 3.05) is 13.2 Å². The molecule has 1 fully saturated rings. The lowest BCUT2D eigenvalue weighted by molar-refractivity contribution is 0.0679. The van der Waals surface area contributed by atoms with Crippen LogP contribution >= 0.6 is 11.3 Å². The topological polar surface area (TPSA) is 86.2 Å². The Morgan fingerprint density at radius 3 is 2.81 bits per heavy atom. The molecule has 1 aliphatic rings. The Morgan fingerprint density at radius 1 is 1.25 bits per heavy atom. The number of ether oxygens (including phenoxy) is 2. The molecule has 1 aromatic carbocycles. The summed E-state index contributed by atoms with van der Waals surface area (Å²) >= 11 is 1.63. The van der Waals surface area contributed by atoms with Crippen molar-refractivity contribution in [2.24, 2.45) is 0 Å². The number of nitrogens with one attached hydrogen (secondary N) is 1. The minimum Gasteiger partial charge on any atom is -0.491 e. The standard InChI is InChI=1S/C24H28N4O3S/c1-4-21-12-27-24(32-21)18-8-17(9-20(10-18)31-14-19-6-5-7-30-19)23(29)28-16(3)22-13-25-15(2)11-26-22/h8-13,16,19H,4-7,14H2,1-3H3,(H,28,29)/t16?,19-/m1/s1. The summed E-state index contributed by atoms with van der Waals surface area (Å²) in [5.41, 5.74) is 2.93. The van der Waals surface area contributed by atoms with Gasteiger partial charge in [-0.1, -0.05) is 6.92 Å². The molecule has 1 amide bonds. The van der Waals surface area contributed by atoms with Crippen LogP contribution in [0.25, 0.3) is 10.6 Å². The Balaban J connectivity index is 1.56. The van der Waals surface area contributed by atoms with E-state index in [-0.39, 0.29) is 18.1 Å². The van der Waals surface area contributed by atoms with Crippen molar-refractivity contribution >= 4 is 17.2 Å². The predicted octanol–water partition coefficient (Wildman–Crippen LogP) is 4.52. The van der Waals surface area contributed by atoms with Gasteiger partial charge in [-0.25, -0.2) is 4.98 Å². The molecule has 32 heavy (non-hydrogen) atoms. The van der Waals surface area contributed by atoms with Crippen LogP contribution in [0.1, 0.15) is 59.4 Å². The molecule has 1 saturated heterocycles. The van der Waals surface area contributed by atoms with Crippen LogP contribution in [0.15, 0.2) is 36.8 Å². The van der Waals surface area contributed by atoms with Crippen LogP contribution < -0.4 is 10.1 Å². The van der Waals surface area contributed by atoms with E-state index >= 15 is 0 Å². The molecule has 1 N–H and O–H groups in total. The van der Waals surface area contributed by atoms with Crippen molar-refractivity contribution in [3.63, 3.8) is 0 Å². The second-order valence-corrected chi connectivity index (χ2v) is 9.07. The lowest BCUT2D eigenvalue weighted by atomic mass is 10.1. The number of hydrogen-bond donors (Lipinski definition) is 1. The summed E-state index contributed by atoms with van der Waals surface area (Å²) in [5.74, 6) is 0.440. The summed E-state index contributed by atoms with van der Waals surface area (Å²) < 4.78 is 11.7. The first-order valence-electron chi connectivity index (χ1n) is 11.0. The molecular weight excluding hydrogens is 424 g/mol. The molecule has 3 heterocycles. The van der Waals surface area contributed by atoms with Crippen molar-refractivity contribution < 1.29 is 14.3 Å². The maximum absolute atomic E-state index is 13.1. The van der Waals surface area contributed by atoms with E-state index in [2.05, 4.69) is 27.2 Å². The molecule has 4 rings (SSSR count). The average Bonchev–Trinajstić information content (AvgIpc) is 3.50. The van der Waals surface area contributed by atoms with E-state index in [4.69, 9.17) is 9.47 Å². The molecule has 0 spiro atoms. The number of nitrogens with zero attached hydrogens (tertiary/aromatic N) is 3. The first kappa shape index (κ1) is 22.4. The maximum Gasteiger partial charge on any atom is 0.251 e. The lowest BCUT2D eigenvalue weighted by Gasteiger charge is -2.16. The highest BCUT2D eigenvalue weighted by atomic mass is 32.1. The zero-order chi connectivity index (χ0) is 22.5. The van der Waals surface area contributed by atoms with Crippen LogP contribution in [0.2, 0.25) is 0 Å².